The van der Waals surface area contributed by atoms with Crippen molar-refractivity contribution in [3.63, 3.8) is 0 Å². The van der Waals surface area contributed by atoms with E-state index < -0.39 is 0 Å². The molecular formula is C47H28N4O. The molecule has 2 aromatic heterocycles. The summed E-state index contributed by atoms with van der Waals surface area (Å²) in [7, 11) is 0. The van der Waals surface area contributed by atoms with E-state index in [9.17, 15) is 0 Å². The van der Waals surface area contributed by atoms with Gasteiger partial charge in [-0.2, -0.15) is 0 Å². The molecule has 0 saturated heterocycles. The third kappa shape index (κ3) is 4.33. The Morgan fingerprint density at radius 3 is 1.98 bits per heavy atom. The van der Waals surface area contributed by atoms with Crippen LogP contribution >= 0.6 is 0 Å². The molecule has 0 radical (unpaired) electrons. The molecule has 1 aliphatic heterocycles. The molecule has 11 rings (SSSR count). The lowest BCUT2D eigenvalue weighted by Gasteiger charge is -2.34. The highest BCUT2D eigenvalue weighted by Gasteiger charge is 2.28. The van der Waals surface area contributed by atoms with Crippen molar-refractivity contribution in [3.05, 3.63) is 170 Å². The number of hydrogen-bond acceptors (Lipinski definition) is 5. The van der Waals surface area contributed by atoms with Crippen molar-refractivity contribution >= 4 is 60.5 Å². The van der Waals surface area contributed by atoms with Crippen LogP contribution in [-0.2, 0) is 0 Å². The van der Waals surface area contributed by atoms with Gasteiger partial charge in [-0.05, 0) is 58.1 Å². The summed E-state index contributed by atoms with van der Waals surface area (Å²) in [5.74, 6) is 1.76. The van der Waals surface area contributed by atoms with Crippen LogP contribution in [0.2, 0.25) is 0 Å². The van der Waals surface area contributed by atoms with Gasteiger partial charge in [0.05, 0.1) is 16.9 Å². The van der Waals surface area contributed by atoms with Gasteiger partial charge in [0.15, 0.2) is 17.5 Å². The van der Waals surface area contributed by atoms with Crippen molar-refractivity contribution < 1.29 is 4.42 Å². The lowest BCUT2D eigenvalue weighted by atomic mass is 9.87. The first-order valence-corrected chi connectivity index (χ1v) is 17.5. The van der Waals surface area contributed by atoms with Gasteiger partial charge in [0, 0.05) is 38.5 Å². The number of fused-ring (bicyclic) bond motifs is 7. The van der Waals surface area contributed by atoms with Crippen LogP contribution in [0.1, 0.15) is 0 Å². The molecule has 5 heteroatoms. The quantitative estimate of drug-likeness (QED) is 0.187. The van der Waals surface area contributed by atoms with Crippen molar-refractivity contribution in [1.82, 2.24) is 15.0 Å². The monoisotopic (exact) mass is 664 g/mol. The van der Waals surface area contributed by atoms with E-state index in [4.69, 9.17) is 19.4 Å². The van der Waals surface area contributed by atoms with E-state index in [0.29, 0.717) is 17.5 Å². The predicted molar refractivity (Wildman–Crippen MR) is 212 cm³/mol. The molecule has 3 heterocycles. The standard InChI is InChI=1S/C47H28N4O/c1-2-13-31(14-3-1)45-48-46(50-47(49-45)38-23-11-21-36-35-20-6-7-25-41(35)52-44(36)38)32-17-8-18-33(28-32)51-39-24-10-16-30-15-9-22-37(42(30)39)43-34-19-5-4-12-29(34)26-27-40(43)51/h1-28H. The molecule has 0 spiro atoms. The molecule has 1 aliphatic rings. The molecule has 0 bridgehead atoms. The molecule has 242 valence electrons. The van der Waals surface area contributed by atoms with Crippen LogP contribution in [0.5, 0.6) is 0 Å². The lowest BCUT2D eigenvalue weighted by Crippen LogP contribution is -2.15. The van der Waals surface area contributed by atoms with Crippen molar-refractivity contribution in [3.8, 4) is 45.3 Å². The average Bonchev–Trinajstić information content (AvgIpc) is 3.60. The third-order valence-corrected chi connectivity index (χ3v) is 10.2. The van der Waals surface area contributed by atoms with E-state index in [1.54, 1.807) is 0 Å². The molecule has 0 atom stereocenters. The summed E-state index contributed by atoms with van der Waals surface area (Å²) in [5, 5.41) is 7.01. The van der Waals surface area contributed by atoms with Gasteiger partial charge in [0.1, 0.15) is 11.2 Å². The highest BCUT2D eigenvalue weighted by Crippen LogP contribution is 2.53. The maximum Gasteiger partial charge on any atom is 0.167 e. The van der Waals surface area contributed by atoms with E-state index in [1.165, 1.54) is 32.7 Å². The zero-order chi connectivity index (χ0) is 34.2. The number of anilines is 3. The minimum absolute atomic E-state index is 0.562. The van der Waals surface area contributed by atoms with Crippen LogP contribution in [0.25, 0.3) is 88.8 Å². The summed E-state index contributed by atoms with van der Waals surface area (Å²) in [5.41, 5.74) is 10.0. The largest absolute Gasteiger partial charge is 0.455 e. The first kappa shape index (κ1) is 28.7. The normalized spacial score (nSPS) is 12.2. The summed E-state index contributed by atoms with van der Waals surface area (Å²) >= 11 is 0. The number of benzene rings is 8. The van der Waals surface area contributed by atoms with Gasteiger partial charge >= 0.3 is 0 Å². The molecule has 10 aromatic rings. The first-order valence-electron chi connectivity index (χ1n) is 17.5. The van der Waals surface area contributed by atoms with Gasteiger partial charge in [-0.25, -0.2) is 15.0 Å². The first-order chi connectivity index (χ1) is 25.8. The minimum atomic E-state index is 0.562. The second-order valence-electron chi connectivity index (χ2n) is 13.2. The van der Waals surface area contributed by atoms with Gasteiger partial charge in [-0.15, -0.1) is 0 Å². The molecule has 0 aliphatic carbocycles. The zero-order valence-electron chi connectivity index (χ0n) is 27.9. The van der Waals surface area contributed by atoms with Crippen molar-refractivity contribution in [1.29, 1.82) is 0 Å². The number of aromatic nitrogens is 3. The number of nitrogens with zero attached hydrogens (tertiary/aromatic N) is 4. The van der Waals surface area contributed by atoms with E-state index in [1.807, 2.05) is 60.7 Å². The van der Waals surface area contributed by atoms with Crippen LogP contribution in [-0.4, -0.2) is 15.0 Å². The Morgan fingerprint density at radius 1 is 0.423 bits per heavy atom. The van der Waals surface area contributed by atoms with Crippen LogP contribution in [0.15, 0.2) is 174 Å². The van der Waals surface area contributed by atoms with Gasteiger partial charge in [0.25, 0.3) is 0 Å². The summed E-state index contributed by atoms with van der Waals surface area (Å²) in [6, 6.07) is 59.2. The fourth-order valence-corrected chi connectivity index (χ4v) is 7.90. The van der Waals surface area contributed by atoms with Gasteiger partial charge in [-0.3, -0.25) is 0 Å². The predicted octanol–water partition coefficient (Wildman–Crippen LogP) is 12.5. The van der Waals surface area contributed by atoms with E-state index in [-0.39, 0.29) is 0 Å². The van der Waals surface area contributed by atoms with Crippen LogP contribution in [0, 0.1) is 0 Å². The topological polar surface area (TPSA) is 55.1 Å². The number of para-hydroxylation sites is 2. The molecule has 8 aromatic carbocycles. The molecule has 0 amide bonds. The summed E-state index contributed by atoms with van der Waals surface area (Å²) in [4.78, 5) is 17.7. The Balaban J connectivity index is 1.13. The zero-order valence-corrected chi connectivity index (χ0v) is 27.9. The Hall–Kier alpha value is -7.11. The molecular weight excluding hydrogens is 637 g/mol. The van der Waals surface area contributed by atoms with E-state index in [2.05, 4.69) is 114 Å². The molecule has 0 unspecified atom stereocenters. The number of rotatable bonds is 4. The summed E-state index contributed by atoms with van der Waals surface area (Å²) in [6.45, 7) is 0. The Kier molecular flexibility index (Phi) is 6.18. The smallest absolute Gasteiger partial charge is 0.167 e. The minimum Gasteiger partial charge on any atom is -0.455 e. The molecule has 0 fully saturated rings. The van der Waals surface area contributed by atoms with Gasteiger partial charge in [-0.1, -0.05) is 133 Å². The van der Waals surface area contributed by atoms with Gasteiger partial charge < -0.3 is 9.32 Å². The number of hydrogen-bond donors (Lipinski definition) is 0. The fourth-order valence-electron chi connectivity index (χ4n) is 7.90. The molecule has 0 saturated carbocycles. The maximum absolute atomic E-state index is 6.44. The SMILES string of the molecule is c1ccc(-c2nc(-c3cccc(N4c5ccc6ccccc6c5-c5cccc6cccc4c56)c3)nc(-c3cccc4c3oc3ccccc34)n2)cc1. The lowest BCUT2D eigenvalue weighted by molar-refractivity contribution is 0.669. The van der Waals surface area contributed by atoms with Gasteiger partial charge in [0.2, 0.25) is 0 Å². The Bertz CT molecular complexity index is 3030. The van der Waals surface area contributed by atoms with Crippen molar-refractivity contribution in [2.75, 3.05) is 4.90 Å². The maximum atomic E-state index is 6.44. The van der Waals surface area contributed by atoms with Crippen LogP contribution < -0.4 is 4.90 Å². The summed E-state index contributed by atoms with van der Waals surface area (Å²) < 4.78 is 6.44. The van der Waals surface area contributed by atoms with E-state index >= 15 is 0 Å². The molecule has 5 nitrogen and oxygen atoms in total. The highest BCUT2D eigenvalue weighted by molar-refractivity contribution is 6.19. The third-order valence-electron chi connectivity index (χ3n) is 10.2. The summed E-state index contributed by atoms with van der Waals surface area (Å²) in [6.07, 6.45) is 0. The van der Waals surface area contributed by atoms with Crippen molar-refractivity contribution in [2.24, 2.45) is 0 Å². The van der Waals surface area contributed by atoms with Crippen molar-refractivity contribution in [2.45, 2.75) is 0 Å². The second-order valence-corrected chi connectivity index (χ2v) is 13.2. The number of furan rings is 1. The van der Waals surface area contributed by atoms with Crippen LogP contribution in [0.4, 0.5) is 17.1 Å². The van der Waals surface area contributed by atoms with Crippen LogP contribution in [0.3, 0.4) is 0 Å². The molecule has 0 N–H and O–H groups in total. The fraction of sp³-hybridized carbons (Fsp3) is 0. The Morgan fingerprint density at radius 2 is 1.08 bits per heavy atom. The van der Waals surface area contributed by atoms with E-state index in [0.717, 1.165) is 55.7 Å². The Labute approximate surface area is 299 Å². The average molecular weight is 665 g/mol. The highest BCUT2D eigenvalue weighted by atomic mass is 16.3. The second kappa shape index (κ2) is 11.2. The molecule has 52 heavy (non-hydrogen) atoms.